The van der Waals surface area contributed by atoms with Gasteiger partial charge in [-0.2, -0.15) is 0 Å². The first-order valence-corrected chi connectivity index (χ1v) is 8.62. The number of piperidine rings is 1. The Kier molecular flexibility index (Phi) is 6.23. The van der Waals surface area contributed by atoms with Crippen LogP contribution >= 0.6 is 0 Å². The second kappa shape index (κ2) is 8.21. The van der Waals surface area contributed by atoms with E-state index in [0.717, 1.165) is 5.56 Å². The van der Waals surface area contributed by atoms with Crippen molar-refractivity contribution in [2.75, 3.05) is 6.54 Å². The van der Waals surface area contributed by atoms with E-state index in [1.54, 1.807) is 20.8 Å². The number of hydrogen-bond donors (Lipinski definition) is 1. The van der Waals surface area contributed by atoms with Crippen LogP contribution in [0.3, 0.4) is 0 Å². The molecule has 0 radical (unpaired) electrons. The summed E-state index contributed by atoms with van der Waals surface area (Å²) in [6, 6.07) is 7.95. The summed E-state index contributed by atoms with van der Waals surface area (Å²) >= 11 is 0. The number of likely N-dealkylation sites (tertiary alicyclic amines) is 1. The largest absolute Gasteiger partial charge is 0.481 e. The van der Waals surface area contributed by atoms with Crippen molar-refractivity contribution < 1.29 is 29.0 Å². The Morgan fingerprint density at radius 2 is 1.85 bits per heavy atom. The molecule has 1 aliphatic rings. The molecule has 7 heteroatoms. The van der Waals surface area contributed by atoms with Crippen molar-refractivity contribution in [1.82, 2.24) is 4.90 Å². The Morgan fingerprint density at radius 1 is 1.19 bits per heavy atom. The molecule has 2 unspecified atom stereocenters. The van der Waals surface area contributed by atoms with Crippen LogP contribution in [-0.2, 0) is 25.7 Å². The van der Waals surface area contributed by atoms with Crippen LogP contribution in [0.25, 0.3) is 0 Å². The van der Waals surface area contributed by atoms with Crippen LogP contribution in [0.4, 0.5) is 4.79 Å². The minimum absolute atomic E-state index is 0.0505. The zero-order valence-electron chi connectivity index (χ0n) is 15.3. The van der Waals surface area contributed by atoms with Crippen LogP contribution in [0.5, 0.6) is 0 Å². The maximum absolute atomic E-state index is 12.6. The monoisotopic (exact) mass is 363 g/mol. The average Bonchev–Trinajstić information content (AvgIpc) is 2.58. The van der Waals surface area contributed by atoms with Gasteiger partial charge in [-0.1, -0.05) is 30.3 Å². The molecule has 0 spiro atoms. The zero-order valence-corrected chi connectivity index (χ0v) is 15.3. The van der Waals surface area contributed by atoms with Crippen molar-refractivity contribution in [1.29, 1.82) is 0 Å². The molecule has 0 saturated carbocycles. The van der Waals surface area contributed by atoms with Crippen molar-refractivity contribution in [3.63, 3.8) is 0 Å². The van der Waals surface area contributed by atoms with Crippen LogP contribution in [0.15, 0.2) is 30.3 Å². The molecule has 26 heavy (non-hydrogen) atoms. The lowest BCUT2D eigenvalue weighted by molar-refractivity contribution is -0.169. The fourth-order valence-electron chi connectivity index (χ4n) is 2.91. The van der Waals surface area contributed by atoms with E-state index in [-0.39, 0.29) is 13.2 Å². The van der Waals surface area contributed by atoms with Crippen molar-refractivity contribution in [3.05, 3.63) is 35.9 Å². The van der Waals surface area contributed by atoms with Crippen LogP contribution in [-0.4, -0.2) is 46.2 Å². The van der Waals surface area contributed by atoms with Gasteiger partial charge in [-0.15, -0.1) is 0 Å². The summed E-state index contributed by atoms with van der Waals surface area (Å²) in [7, 11) is 0. The molecule has 0 aliphatic carbocycles. The summed E-state index contributed by atoms with van der Waals surface area (Å²) in [6.07, 6.45) is 0.0777. The second-order valence-electron chi connectivity index (χ2n) is 7.30. The van der Waals surface area contributed by atoms with Gasteiger partial charge < -0.3 is 14.6 Å². The van der Waals surface area contributed by atoms with Gasteiger partial charge in [-0.25, -0.2) is 9.59 Å². The second-order valence-corrected chi connectivity index (χ2v) is 7.30. The Hall–Kier alpha value is -2.57. The zero-order chi connectivity index (χ0) is 19.3. The van der Waals surface area contributed by atoms with E-state index in [1.165, 1.54) is 4.90 Å². The summed E-state index contributed by atoms with van der Waals surface area (Å²) in [4.78, 5) is 37.9. The maximum atomic E-state index is 12.6. The summed E-state index contributed by atoms with van der Waals surface area (Å²) in [5.74, 6) is -2.86. The maximum Gasteiger partial charge on any atom is 0.410 e. The van der Waals surface area contributed by atoms with Gasteiger partial charge >= 0.3 is 18.0 Å². The van der Waals surface area contributed by atoms with Gasteiger partial charge in [0.15, 0.2) is 0 Å². The number of carbonyl (C=O) groups is 3. The highest BCUT2D eigenvalue weighted by Crippen LogP contribution is 2.27. The fraction of sp³-hybridized carbons (Fsp3) is 0.526. The third-order valence-corrected chi connectivity index (χ3v) is 4.04. The molecule has 1 N–H and O–H groups in total. The SMILES string of the molecule is CC(C)(C)OC(=O)C1C(C(=O)O)CCCN1C(=O)OCc1ccccc1. The minimum Gasteiger partial charge on any atom is -0.481 e. The van der Waals surface area contributed by atoms with Gasteiger partial charge in [0.25, 0.3) is 0 Å². The number of carbonyl (C=O) groups excluding carboxylic acids is 2. The highest BCUT2D eigenvalue weighted by atomic mass is 16.6. The number of esters is 1. The van der Waals surface area contributed by atoms with Gasteiger partial charge in [0, 0.05) is 6.54 Å². The Labute approximate surface area is 152 Å². The number of amides is 1. The molecule has 7 nitrogen and oxygen atoms in total. The molecule has 1 aliphatic heterocycles. The van der Waals surface area contributed by atoms with E-state index in [9.17, 15) is 19.5 Å². The first-order valence-electron chi connectivity index (χ1n) is 8.62. The molecule has 1 aromatic carbocycles. The van der Waals surface area contributed by atoms with E-state index in [0.29, 0.717) is 12.8 Å². The van der Waals surface area contributed by atoms with E-state index in [2.05, 4.69) is 0 Å². The molecular formula is C19H25NO6. The van der Waals surface area contributed by atoms with E-state index in [4.69, 9.17) is 9.47 Å². The molecule has 142 valence electrons. The number of benzene rings is 1. The molecule has 1 aromatic rings. The van der Waals surface area contributed by atoms with Crippen LogP contribution < -0.4 is 0 Å². The van der Waals surface area contributed by atoms with Gasteiger partial charge in [-0.05, 0) is 39.2 Å². The van der Waals surface area contributed by atoms with Crippen molar-refractivity contribution >= 4 is 18.0 Å². The first-order chi connectivity index (χ1) is 12.2. The van der Waals surface area contributed by atoms with Gasteiger partial charge in [0.1, 0.15) is 18.2 Å². The third-order valence-electron chi connectivity index (χ3n) is 4.04. The molecule has 2 rings (SSSR count). The standard InChI is InChI=1S/C19H25NO6/c1-19(2,3)26-17(23)15-14(16(21)22)10-7-11-20(15)18(24)25-12-13-8-5-4-6-9-13/h4-6,8-9,14-15H,7,10-12H2,1-3H3,(H,21,22). The summed E-state index contributed by atoms with van der Waals surface area (Å²) < 4.78 is 10.6. The summed E-state index contributed by atoms with van der Waals surface area (Å²) in [5, 5.41) is 9.48. The van der Waals surface area contributed by atoms with Crippen molar-refractivity contribution in [3.8, 4) is 0 Å². The Balaban J connectivity index is 2.15. The molecule has 1 saturated heterocycles. The number of rotatable bonds is 4. The Morgan fingerprint density at radius 3 is 2.42 bits per heavy atom. The first kappa shape index (κ1) is 19.8. The van der Waals surface area contributed by atoms with Crippen LogP contribution in [0.2, 0.25) is 0 Å². The number of carboxylic acid groups (broad SMARTS) is 1. The predicted molar refractivity (Wildman–Crippen MR) is 93.3 cm³/mol. The average molecular weight is 363 g/mol. The molecular weight excluding hydrogens is 338 g/mol. The van der Waals surface area contributed by atoms with Crippen molar-refractivity contribution in [2.24, 2.45) is 5.92 Å². The number of carboxylic acids is 1. The lowest BCUT2D eigenvalue weighted by Crippen LogP contribution is -2.56. The van der Waals surface area contributed by atoms with Crippen LogP contribution in [0.1, 0.15) is 39.2 Å². The molecule has 1 amide bonds. The van der Waals surface area contributed by atoms with Crippen molar-refractivity contribution in [2.45, 2.75) is 51.9 Å². The number of nitrogens with zero attached hydrogens (tertiary/aromatic N) is 1. The lowest BCUT2D eigenvalue weighted by Gasteiger charge is -2.38. The van der Waals surface area contributed by atoms with E-state index in [1.807, 2.05) is 30.3 Å². The highest BCUT2D eigenvalue weighted by molar-refractivity contribution is 5.87. The van der Waals surface area contributed by atoms with Gasteiger partial charge in [0.05, 0.1) is 5.92 Å². The molecule has 0 bridgehead atoms. The van der Waals surface area contributed by atoms with E-state index < -0.39 is 35.6 Å². The highest BCUT2D eigenvalue weighted by Gasteiger charge is 2.45. The number of hydrogen-bond acceptors (Lipinski definition) is 5. The molecule has 1 fully saturated rings. The summed E-state index contributed by atoms with van der Waals surface area (Å²) in [6.45, 7) is 5.39. The van der Waals surface area contributed by atoms with Gasteiger partial charge in [0.2, 0.25) is 0 Å². The Bertz CT molecular complexity index is 652. The third kappa shape index (κ3) is 5.21. The van der Waals surface area contributed by atoms with Gasteiger partial charge in [-0.3, -0.25) is 9.69 Å². The smallest absolute Gasteiger partial charge is 0.410 e. The number of ether oxygens (including phenoxy) is 2. The number of aliphatic carboxylic acids is 1. The summed E-state index contributed by atoms with van der Waals surface area (Å²) in [5.41, 5.74) is 0.0264. The molecule has 2 atom stereocenters. The molecule has 1 heterocycles. The minimum atomic E-state index is -1.19. The molecule has 0 aromatic heterocycles. The normalized spacial score (nSPS) is 20.3. The lowest BCUT2D eigenvalue weighted by atomic mass is 9.89. The van der Waals surface area contributed by atoms with E-state index >= 15 is 0 Å². The predicted octanol–water partition coefficient (Wildman–Crippen LogP) is 2.83. The topological polar surface area (TPSA) is 93.1 Å². The van der Waals surface area contributed by atoms with Crippen LogP contribution in [0, 0.1) is 5.92 Å². The quantitative estimate of drug-likeness (QED) is 0.827. The fourth-order valence-corrected chi connectivity index (χ4v) is 2.91.